The van der Waals surface area contributed by atoms with Crippen molar-refractivity contribution >= 4 is 41.2 Å². The highest BCUT2D eigenvalue weighted by Gasteiger charge is 2.34. The number of hydrogen-bond donors (Lipinski definition) is 2. The van der Waals surface area contributed by atoms with Gasteiger partial charge in [0.05, 0.1) is 24.5 Å². The molecule has 2 amide bonds. The minimum atomic E-state index is -0.683. The summed E-state index contributed by atoms with van der Waals surface area (Å²) in [4.78, 5) is 47.2. The standard InChI is InChI=1S/C17H20N2O6S/c1-3-25-17(23)12-9-26-13(15(21)19-12)8-14(20)18-11-6-4-10(5-7-11)16(22)24-2/h4-7,12-13H,3,8-9H2,1-2H3,(H,18,20)(H,19,21)/t12-,13?/m0/s1. The topological polar surface area (TPSA) is 111 Å². The van der Waals surface area contributed by atoms with Gasteiger partial charge in [-0.1, -0.05) is 0 Å². The smallest absolute Gasteiger partial charge is 0.337 e. The van der Waals surface area contributed by atoms with Crippen molar-refractivity contribution in [1.82, 2.24) is 5.32 Å². The molecule has 0 spiro atoms. The van der Waals surface area contributed by atoms with Gasteiger partial charge < -0.3 is 20.1 Å². The average molecular weight is 380 g/mol. The summed E-state index contributed by atoms with van der Waals surface area (Å²) in [7, 11) is 1.29. The monoisotopic (exact) mass is 380 g/mol. The molecule has 9 heteroatoms. The van der Waals surface area contributed by atoms with Gasteiger partial charge in [0, 0.05) is 17.9 Å². The van der Waals surface area contributed by atoms with Gasteiger partial charge in [-0.3, -0.25) is 9.59 Å². The maximum absolute atomic E-state index is 12.1. The third-order valence-electron chi connectivity index (χ3n) is 3.60. The number of thioether (sulfide) groups is 1. The molecule has 2 atom stereocenters. The molecule has 1 aliphatic rings. The Morgan fingerprint density at radius 1 is 1.27 bits per heavy atom. The molecule has 1 heterocycles. The molecule has 140 valence electrons. The Hall–Kier alpha value is -2.55. The lowest BCUT2D eigenvalue weighted by Gasteiger charge is -2.27. The molecule has 1 aliphatic heterocycles. The van der Waals surface area contributed by atoms with E-state index in [1.807, 2.05) is 0 Å². The van der Waals surface area contributed by atoms with Crippen molar-refractivity contribution in [1.29, 1.82) is 0 Å². The molecule has 0 bridgehead atoms. The van der Waals surface area contributed by atoms with Crippen molar-refractivity contribution in [2.75, 3.05) is 24.8 Å². The lowest BCUT2D eigenvalue weighted by molar-refractivity contribution is -0.146. The van der Waals surface area contributed by atoms with E-state index in [0.717, 1.165) is 0 Å². The molecule has 2 rings (SSSR count). The minimum absolute atomic E-state index is 0.0230. The van der Waals surface area contributed by atoms with Gasteiger partial charge in [0.2, 0.25) is 11.8 Å². The lowest BCUT2D eigenvalue weighted by atomic mass is 10.2. The number of hydrogen-bond acceptors (Lipinski definition) is 7. The molecule has 1 aromatic carbocycles. The highest BCUT2D eigenvalue weighted by Crippen LogP contribution is 2.22. The van der Waals surface area contributed by atoms with E-state index in [1.165, 1.54) is 31.0 Å². The molecule has 2 N–H and O–H groups in total. The molecule has 0 aliphatic carbocycles. The first kappa shape index (κ1) is 19.8. The summed E-state index contributed by atoms with van der Waals surface area (Å²) >= 11 is 1.25. The van der Waals surface area contributed by atoms with Gasteiger partial charge in [-0.15, -0.1) is 11.8 Å². The van der Waals surface area contributed by atoms with Gasteiger partial charge in [0.25, 0.3) is 0 Å². The molecular formula is C17H20N2O6S. The second-order valence-corrected chi connectivity index (χ2v) is 6.69. The Morgan fingerprint density at radius 3 is 2.54 bits per heavy atom. The summed E-state index contributed by atoms with van der Waals surface area (Å²) in [6, 6.07) is 5.54. The van der Waals surface area contributed by atoms with Crippen molar-refractivity contribution in [3.05, 3.63) is 29.8 Å². The van der Waals surface area contributed by atoms with Crippen LogP contribution in [0.1, 0.15) is 23.7 Å². The lowest BCUT2D eigenvalue weighted by Crippen LogP contribution is -2.51. The van der Waals surface area contributed by atoms with Gasteiger partial charge in [-0.05, 0) is 31.2 Å². The summed E-state index contributed by atoms with van der Waals surface area (Å²) in [6.07, 6.45) is -0.0230. The second kappa shape index (κ2) is 9.23. The van der Waals surface area contributed by atoms with Gasteiger partial charge in [-0.25, -0.2) is 9.59 Å². The number of ether oxygens (including phenoxy) is 2. The maximum atomic E-state index is 12.1. The highest BCUT2D eigenvalue weighted by molar-refractivity contribution is 8.00. The molecule has 26 heavy (non-hydrogen) atoms. The first-order valence-electron chi connectivity index (χ1n) is 8.01. The van der Waals surface area contributed by atoms with E-state index < -0.39 is 23.2 Å². The summed E-state index contributed by atoms with van der Waals surface area (Å²) in [6.45, 7) is 1.94. The molecule has 1 fully saturated rings. The van der Waals surface area contributed by atoms with E-state index in [1.54, 1.807) is 19.1 Å². The van der Waals surface area contributed by atoms with Crippen LogP contribution in [0, 0.1) is 0 Å². The number of esters is 2. The Morgan fingerprint density at radius 2 is 1.96 bits per heavy atom. The van der Waals surface area contributed by atoms with Crippen LogP contribution in [0.3, 0.4) is 0 Å². The third-order valence-corrected chi connectivity index (χ3v) is 4.91. The van der Waals surface area contributed by atoms with Gasteiger partial charge in [0.15, 0.2) is 0 Å². The quantitative estimate of drug-likeness (QED) is 0.707. The number of rotatable bonds is 6. The maximum Gasteiger partial charge on any atom is 0.337 e. The van der Waals surface area contributed by atoms with Crippen LogP contribution < -0.4 is 10.6 Å². The molecule has 1 aromatic rings. The molecular weight excluding hydrogens is 360 g/mol. The first-order chi connectivity index (χ1) is 12.4. The molecule has 0 aromatic heterocycles. The zero-order valence-electron chi connectivity index (χ0n) is 14.4. The largest absolute Gasteiger partial charge is 0.465 e. The Balaban J connectivity index is 1.85. The van der Waals surface area contributed by atoms with E-state index in [4.69, 9.17) is 4.74 Å². The summed E-state index contributed by atoms with van der Waals surface area (Å²) < 4.78 is 9.48. The van der Waals surface area contributed by atoms with Crippen LogP contribution in [0.5, 0.6) is 0 Å². The SMILES string of the molecule is CCOC(=O)[C@@H]1CSC(CC(=O)Nc2ccc(C(=O)OC)cc2)C(=O)N1. The van der Waals surface area contributed by atoms with Gasteiger partial charge in [-0.2, -0.15) is 0 Å². The number of nitrogens with one attached hydrogen (secondary N) is 2. The predicted molar refractivity (Wildman–Crippen MR) is 95.8 cm³/mol. The van der Waals surface area contributed by atoms with Crippen molar-refractivity contribution in [2.45, 2.75) is 24.6 Å². The van der Waals surface area contributed by atoms with Crippen LogP contribution in [0.15, 0.2) is 24.3 Å². The number of carbonyl (C=O) groups is 4. The summed E-state index contributed by atoms with van der Waals surface area (Å²) in [5.74, 6) is -1.28. The van der Waals surface area contributed by atoms with Crippen LogP contribution in [0.4, 0.5) is 5.69 Å². The zero-order chi connectivity index (χ0) is 19.1. The normalized spacial score (nSPS) is 19.2. The molecule has 8 nitrogen and oxygen atoms in total. The molecule has 1 unspecified atom stereocenters. The van der Waals surface area contributed by atoms with E-state index in [-0.39, 0.29) is 24.8 Å². The van der Waals surface area contributed by atoms with Gasteiger partial charge >= 0.3 is 11.9 Å². The van der Waals surface area contributed by atoms with Crippen molar-refractivity contribution < 1.29 is 28.7 Å². The number of carbonyl (C=O) groups excluding carboxylic acids is 4. The van der Waals surface area contributed by atoms with Crippen LogP contribution in [-0.4, -0.2) is 54.5 Å². The molecule has 0 radical (unpaired) electrons. The van der Waals surface area contributed by atoms with Crippen LogP contribution in [0.2, 0.25) is 0 Å². The first-order valence-corrected chi connectivity index (χ1v) is 9.06. The zero-order valence-corrected chi connectivity index (χ0v) is 15.3. The van der Waals surface area contributed by atoms with E-state index in [0.29, 0.717) is 17.0 Å². The Labute approximate surface area is 155 Å². The van der Waals surface area contributed by atoms with Crippen molar-refractivity contribution in [3.63, 3.8) is 0 Å². The van der Waals surface area contributed by atoms with Crippen molar-refractivity contribution in [2.24, 2.45) is 0 Å². The Bertz CT molecular complexity index is 691. The fourth-order valence-corrected chi connectivity index (χ4v) is 3.44. The highest BCUT2D eigenvalue weighted by atomic mass is 32.2. The van der Waals surface area contributed by atoms with E-state index in [2.05, 4.69) is 15.4 Å². The van der Waals surface area contributed by atoms with E-state index >= 15 is 0 Å². The second-order valence-electron chi connectivity index (χ2n) is 5.46. The van der Waals surface area contributed by atoms with Crippen LogP contribution in [0.25, 0.3) is 0 Å². The summed E-state index contributed by atoms with van der Waals surface area (Å²) in [5, 5.41) is 4.68. The third kappa shape index (κ3) is 5.22. The number of anilines is 1. The van der Waals surface area contributed by atoms with E-state index in [9.17, 15) is 19.2 Å². The number of methoxy groups -OCH3 is 1. The average Bonchev–Trinajstić information content (AvgIpc) is 2.63. The van der Waals surface area contributed by atoms with Crippen molar-refractivity contribution in [3.8, 4) is 0 Å². The predicted octanol–water partition coefficient (Wildman–Crippen LogP) is 0.965. The van der Waals surface area contributed by atoms with Gasteiger partial charge in [0.1, 0.15) is 6.04 Å². The number of amides is 2. The fourth-order valence-electron chi connectivity index (χ4n) is 2.30. The number of benzene rings is 1. The molecule has 1 saturated heterocycles. The summed E-state index contributed by atoms with van der Waals surface area (Å²) in [5.41, 5.74) is 0.881. The van der Waals surface area contributed by atoms with Crippen LogP contribution in [-0.2, 0) is 23.9 Å². The van der Waals surface area contributed by atoms with Crippen LogP contribution >= 0.6 is 11.8 Å². The molecule has 0 saturated carbocycles. The Kier molecular flexibility index (Phi) is 7.02. The fraction of sp³-hybridized carbons (Fsp3) is 0.412. The minimum Gasteiger partial charge on any atom is -0.465 e.